The van der Waals surface area contributed by atoms with E-state index in [2.05, 4.69) is 44.1 Å². The Balaban J connectivity index is 2.52. The van der Waals surface area contributed by atoms with Crippen molar-refractivity contribution in [3.63, 3.8) is 0 Å². The van der Waals surface area contributed by atoms with Crippen LogP contribution in [-0.4, -0.2) is 5.16 Å². The van der Waals surface area contributed by atoms with Gasteiger partial charge in [0.2, 0.25) is 0 Å². The fourth-order valence-corrected chi connectivity index (χ4v) is 2.09. The summed E-state index contributed by atoms with van der Waals surface area (Å²) in [5, 5.41) is 3.88. The fraction of sp³-hybridized carbons (Fsp3) is 0.357. The number of anilines is 1. The highest BCUT2D eigenvalue weighted by Crippen LogP contribution is 2.31. The van der Waals surface area contributed by atoms with Crippen LogP contribution in [0, 0.1) is 13.8 Å². The van der Waals surface area contributed by atoms with Gasteiger partial charge in [0, 0.05) is 11.1 Å². The zero-order valence-electron chi connectivity index (χ0n) is 10.6. The minimum Gasteiger partial charge on any atom is -0.381 e. The number of hydrogen-bond acceptors (Lipinski definition) is 3. The quantitative estimate of drug-likeness (QED) is 0.878. The molecule has 0 bridgehead atoms. The summed E-state index contributed by atoms with van der Waals surface area (Å²) in [4.78, 5) is 0. The van der Waals surface area contributed by atoms with Crippen LogP contribution in [0.3, 0.4) is 0 Å². The first-order valence-electron chi connectivity index (χ1n) is 5.95. The molecule has 1 heterocycles. The second kappa shape index (κ2) is 4.62. The van der Waals surface area contributed by atoms with Crippen molar-refractivity contribution in [2.75, 3.05) is 5.73 Å². The van der Waals surface area contributed by atoms with Crippen molar-refractivity contribution in [3.05, 3.63) is 34.9 Å². The molecule has 0 saturated carbocycles. The van der Waals surface area contributed by atoms with Crippen molar-refractivity contribution in [2.24, 2.45) is 0 Å². The summed E-state index contributed by atoms with van der Waals surface area (Å²) in [5.74, 6) is 1.34. The van der Waals surface area contributed by atoms with E-state index in [1.807, 2.05) is 0 Å². The number of benzene rings is 1. The average Bonchev–Trinajstić information content (AvgIpc) is 2.62. The molecule has 2 rings (SSSR count). The second-order valence-corrected chi connectivity index (χ2v) is 4.44. The Kier molecular flexibility index (Phi) is 3.18. The number of aromatic nitrogens is 1. The molecule has 2 aromatic rings. The van der Waals surface area contributed by atoms with Crippen LogP contribution in [0.2, 0.25) is 0 Å². The Bertz CT molecular complexity index is 529. The molecule has 0 unspecified atom stereocenters. The lowest BCUT2D eigenvalue weighted by molar-refractivity contribution is 0.434. The van der Waals surface area contributed by atoms with E-state index in [0.717, 1.165) is 29.7 Å². The van der Waals surface area contributed by atoms with Crippen LogP contribution in [0.15, 0.2) is 22.7 Å². The van der Waals surface area contributed by atoms with Gasteiger partial charge < -0.3 is 10.3 Å². The highest BCUT2D eigenvalue weighted by molar-refractivity contribution is 5.69. The lowest BCUT2D eigenvalue weighted by atomic mass is 9.99. The van der Waals surface area contributed by atoms with Gasteiger partial charge in [-0.2, -0.15) is 0 Å². The van der Waals surface area contributed by atoms with E-state index in [1.54, 1.807) is 0 Å². The highest BCUT2D eigenvalue weighted by Gasteiger charge is 2.16. The summed E-state index contributed by atoms with van der Waals surface area (Å²) in [6.07, 6.45) is 1.93. The first-order chi connectivity index (χ1) is 8.13. The lowest BCUT2D eigenvalue weighted by Gasteiger charge is -2.05. The predicted octanol–water partition coefficient (Wildman–Crippen LogP) is 3.49. The average molecular weight is 230 g/mol. The van der Waals surface area contributed by atoms with Crippen LogP contribution < -0.4 is 5.73 Å². The van der Waals surface area contributed by atoms with E-state index < -0.39 is 0 Å². The van der Waals surface area contributed by atoms with E-state index in [0.29, 0.717) is 5.82 Å². The Labute approximate surface area is 102 Å². The third kappa shape index (κ3) is 2.18. The molecule has 1 aromatic carbocycles. The molecule has 0 aliphatic rings. The van der Waals surface area contributed by atoms with E-state index in [-0.39, 0.29) is 0 Å². The lowest BCUT2D eigenvalue weighted by Crippen LogP contribution is -1.93. The van der Waals surface area contributed by atoms with Gasteiger partial charge in [0.1, 0.15) is 0 Å². The molecule has 17 heavy (non-hydrogen) atoms. The summed E-state index contributed by atoms with van der Waals surface area (Å²) in [6.45, 7) is 6.29. The van der Waals surface area contributed by atoms with Crippen molar-refractivity contribution >= 4 is 5.82 Å². The maximum atomic E-state index is 5.84. The number of rotatable bonds is 3. The van der Waals surface area contributed by atoms with Crippen LogP contribution in [0.4, 0.5) is 5.82 Å². The normalized spacial score (nSPS) is 10.8. The first kappa shape index (κ1) is 11.7. The van der Waals surface area contributed by atoms with E-state index in [9.17, 15) is 0 Å². The van der Waals surface area contributed by atoms with Gasteiger partial charge in [-0.1, -0.05) is 42.3 Å². The molecule has 3 nitrogen and oxygen atoms in total. The SMILES string of the molecule is CCCc1c(N)noc1-c1ccc(C)cc1C. The third-order valence-electron chi connectivity index (χ3n) is 2.95. The van der Waals surface area contributed by atoms with E-state index in [1.165, 1.54) is 11.1 Å². The van der Waals surface area contributed by atoms with Crippen molar-refractivity contribution in [2.45, 2.75) is 33.6 Å². The van der Waals surface area contributed by atoms with Gasteiger partial charge in [-0.15, -0.1) is 0 Å². The third-order valence-corrected chi connectivity index (χ3v) is 2.95. The van der Waals surface area contributed by atoms with Gasteiger partial charge in [-0.05, 0) is 25.8 Å². The standard InChI is InChI=1S/C14H18N2O/c1-4-5-12-13(17-16-14(12)15)11-7-6-9(2)8-10(11)3/h6-8H,4-5H2,1-3H3,(H2,15,16). The van der Waals surface area contributed by atoms with Crippen LogP contribution in [0.1, 0.15) is 30.0 Å². The summed E-state index contributed by atoms with van der Waals surface area (Å²) in [6, 6.07) is 6.30. The molecule has 0 aliphatic heterocycles. The second-order valence-electron chi connectivity index (χ2n) is 4.44. The van der Waals surface area contributed by atoms with Crippen LogP contribution in [0.25, 0.3) is 11.3 Å². The van der Waals surface area contributed by atoms with Crippen LogP contribution in [0.5, 0.6) is 0 Å². The number of aryl methyl sites for hydroxylation is 2. The zero-order valence-corrected chi connectivity index (χ0v) is 10.6. The molecule has 0 saturated heterocycles. The molecule has 0 atom stereocenters. The zero-order chi connectivity index (χ0) is 12.4. The number of nitrogens with zero attached hydrogens (tertiary/aromatic N) is 1. The molecule has 1 aromatic heterocycles. The number of nitrogens with two attached hydrogens (primary N) is 1. The minimum atomic E-state index is 0.516. The molecule has 3 heteroatoms. The van der Waals surface area contributed by atoms with Crippen LogP contribution >= 0.6 is 0 Å². The molecule has 0 fully saturated rings. The molecule has 2 N–H and O–H groups in total. The van der Waals surface area contributed by atoms with Gasteiger partial charge in [0.15, 0.2) is 11.6 Å². The van der Waals surface area contributed by atoms with Crippen molar-refractivity contribution in [1.82, 2.24) is 5.16 Å². The minimum absolute atomic E-state index is 0.516. The van der Waals surface area contributed by atoms with E-state index >= 15 is 0 Å². The fourth-order valence-electron chi connectivity index (χ4n) is 2.09. The maximum Gasteiger partial charge on any atom is 0.172 e. The van der Waals surface area contributed by atoms with Gasteiger partial charge in [0.05, 0.1) is 0 Å². The Morgan fingerprint density at radius 3 is 2.71 bits per heavy atom. The summed E-state index contributed by atoms with van der Waals surface area (Å²) in [7, 11) is 0. The Morgan fingerprint density at radius 1 is 1.29 bits per heavy atom. The number of nitrogen functional groups attached to an aromatic ring is 1. The first-order valence-corrected chi connectivity index (χ1v) is 5.95. The summed E-state index contributed by atoms with van der Waals surface area (Å²) in [5.41, 5.74) is 10.4. The Hall–Kier alpha value is -1.77. The van der Waals surface area contributed by atoms with Gasteiger partial charge in [-0.25, -0.2) is 0 Å². The Morgan fingerprint density at radius 2 is 2.06 bits per heavy atom. The monoisotopic (exact) mass is 230 g/mol. The molecule has 0 radical (unpaired) electrons. The van der Waals surface area contributed by atoms with Crippen molar-refractivity contribution in [3.8, 4) is 11.3 Å². The topological polar surface area (TPSA) is 52.0 Å². The van der Waals surface area contributed by atoms with Crippen LogP contribution in [-0.2, 0) is 6.42 Å². The summed E-state index contributed by atoms with van der Waals surface area (Å²) < 4.78 is 5.38. The number of hydrogen-bond donors (Lipinski definition) is 1. The van der Waals surface area contributed by atoms with Gasteiger partial charge in [0.25, 0.3) is 0 Å². The maximum absolute atomic E-state index is 5.84. The molecular formula is C14H18N2O. The van der Waals surface area contributed by atoms with E-state index in [4.69, 9.17) is 10.3 Å². The molecule has 0 amide bonds. The highest BCUT2D eigenvalue weighted by atomic mass is 16.5. The molecular weight excluding hydrogens is 212 g/mol. The van der Waals surface area contributed by atoms with Crippen molar-refractivity contribution < 1.29 is 4.52 Å². The van der Waals surface area contributed by atoms with Gasteiger partial charge in [-0.3, -0.25) is 0 Å². The molecule has 0 spiro atoms. The predicted molar refractivity (Wildman–Crippen MR) is 69.8 cm³/mol. The summed E-state index contributed by atoms with van der Waals surface area (Å²) >= 11 is 0. The van der Waals surface area contributed by atoms with Gasteiger partial charge >= 0.3 is 0 Å². The smallest absolute Gasteiger partial charge is 0.172 e. The van der Waals surface area contributed by atoms with Crippen molar-refractivity contribution in [1.29, 1.82) is 0 Å². The molecule has 90 valence electrons. The largest absolute Gasteiger partial charge is 0.381 e. The molecule has 0 aliphatic carbocycles.